The van der Waals surface area contributed by atoms with E-state index in [-0.39, 0.29) is 11.5 Å². The minimum atomic E-state index is -3.73. The van der Waals surface area contributed by atoms with Crippen molar-refractivity contribution < 1.29 is 18.3 Å². The summed E-state index contributed by atoms with van der Waals surface area (Å²) in [5.41, 5.74) is 0.917. The number of rotatable bonds is 5. The van der Waals surface area contributed by atoms with E-state index in [0.29, 0.717) is 21.5 Å². The second kappa shape index (κ2) is 6.46. The number of aliphatic hydroxyl groups is 1. The summed E-state index contributed by atoms with van der Waals surface area (Å²) in [6.45, 7) is -0.214. The molecular weight excluding hydrogens is 358 g/mol. The maximum atomic E-state index is 12.3. The van der Waals surface area contributed by atoms with E-state index in [1.807, 2.05) is 0 Å². The van der Waals surface area contributed by atoms with Crippen LogP contribution >= 0.6 is 15.9 Å². The van der Waals surface area contributed by atoms with Crippen LogP contribution in [0.3, 0.4) is 0 Å². The van der Waals surface area contributed by atoms with E-state index in [2.05, 4.69) is 20.7 Å². The summed E-state index contributed by atoms with van der Waals surface area (Å²) in [4.78, 5) is 0.0907. The quantitative estimate of drug-likeness (QED) is 0.846. The van der Waals surface area contributed by atoms with Gasteiger partial charge >= 0.3 is 0 Å². The first kappa shape index (κ1) is 15.8. The molecule has 0 aliphatic carbocycles. The zero-order valence-electron chi connectivity index (χ0n) is 11.2. The maximum absolute atomic E-state index is 12.3. The maximum Gasteiger partial charge on any atom is 0.261 e. The molecule has 0 saturated heterocycles. The molecule has 2 aromatic rings. The fraction of sp³-hybridized carbons (Fsp3) is 0.143. The third-order valence-electron chi connectivity index (χ3n) is 2.75. The van der Waals surface area contributed by atoms with Crippen LogP contribution in [0.4, 0.5) is 5.69 Å². The highest BCUT2D eigenvalue weighted by Crippen LogP contribution is 2.26. The molecule has 0 atom stereocenters. The van der Waals surface area contributed by atoms with Gasteiger partial charge in [-0.1, -0.05) is 28.1 Å². The van der Waals surface area contributed by atoms with Crippen LogP contribution in [0.2, 0.25) is 0 Å². The van der Waals surface area contributed by atoms with Crippen molar-refractivity contribution in [2.45, 2.75) is 11.5 Å². The Morgan fingerprint density at radius 1 is 1.24 bits per heavy atom. The minimum absolute atomic E-state index is 0.0907. The summed E-state index contributed by atoms with van der Waals surface area (Å²) in [5.74, 6) is 0.534. The van der Waals surface area contributed by atoms with Crippen molar-refractivity contribution in [3.63, 3.8) is 0 Å². The highest BCUT2D eigenvalue weighted by molar-refractivity contribution is 9.10. The molecule has 0 amide bonds. The molecule has 0 bridgehead atoms. The average molecular weight is 372 g/mol. The molecule has 2 aromatic carbocycles. The monoisotopic (exact) mass is 371 g/mol. The molecule has 5 nitrogen and oxygen atoms in total. The summed E-state index contributed by atoms with van der Waals surface area (Å²) >= 11 is 3.29. The van der Waals surface area contributed by atoms with Crippen molar-refractivity contribution >= 4 is 31.6 Å². The molecule has 0 radical (unpaired) electrons. The van der Waals surface area contributed by atoms with E-state index in [1.165, 1.54) is 19.2 Å². The van der Waals surface area contributed by atoms with Gasteiger partial charge in [0.25, 0.3) is 10.0 Å². The zero-order valence-corrected chi connectivity index (χ0v) is 13.6. The number of anilines is 1. The van der Waals surface area contributed by atoms with Gasteiger partial charge in [-0.15, -0.1) is 0 Å². The molecule has 21 heavy (non-hydrogen) atoms. The number of halogens is 1. The Bertz CT molecular complexity index is 746. The normalized spacial score (nSPS) is 11.2. The van der Waals surface area contributed by atoms with Gasteiger partial charge in [0, 0.05) is 10.5 Å². The van der Waals surface area contributed by atoms with Crippen LogP contribution in [-0.2, 0) is 16.6 Å². The van der Waals surface area contributed by atoms with Gasteiger partial charge in [0.15, 0.2) is 0 Å². The lowest BCUT2D eigenvalue weighted by molar-refractivity contribution is 0.281. The Morgan fingerprint density at radius 3 is 2.67 bits per heavy atom. The summed E-state index contributed by atoms with van der Waals surface area (Å²) in [6, 6.07) is 11.1. The smallest absolute Gasteiger partial charge is 0.261 e. The fourth-order valence-corrected chi connectivity index (χ4v) is 3.35. The van der Waals surface area contributed by atoms with Gasteiger partial charge in [0.05, 0.1) is 24.3 Å². The SMILES string of the molecule is COc1cc(Br)cc(NS(=O)(=O)c2cccc(CO)c2)c1. The third-order valence-corrected chi connectivity index (χ3v) is 4.59. The summed E-state index contributed by atoms with van der Waals surface area (Å²) < 4.78 is 32.9. The molecular formula is C14H14BrNO4S. The van der Waals surface area contributed by atoms with Gasteiger partial charge in [0.1, 0.15) is 5.75 Å². The number of benzene rings is 2. The topological polar surface area (TPSA) is 75.6 Å². The number of methoxy groups -OCH3 is 1. The predicted molar refractivity (Wildman–Crippen MR) is 83.9 cm³/mol. The molecule has 0 fully saturated rings. The van der Waals surface area contributed by atoms with E-state index < -0.39 is 10.0 Å². The molecule has 2 rings (SSSR count). The van der Waals surface area contributed by atoms with Crippen LogP contribution in [0, 0.1) is 0 Å². The first-order valence-electron chi connectivity index (χ1n) is 6.02. The molecule has 112 valence electrons. The fourth-order valence-electron chi connectivity index (χ4n) is 1.76. The zero-order chi connectivity index (χ0) is 15.5. The Labute approximate surface area is 131 Å². The van der Waals surface area contributed by atoms with E-state index in [9.17, 15) is 8.42 Å². The largest absolute Gasteiger partial charge is 0.497 e. The Morgan fingerprint density at radius 2 is 2.00 bits per heavy atom. The van der Waals surface area contributed by atoms with Gasteiger partial charge in [0.2, 0.25) is 0 Å². The van der Waals surface area contributed by atoms with E-state index in [0.717, 1.165) is 0 Å². The molecule has 0 aliphatic heterocycles. The summed E-state index contributed by atoms with van der Waals surface area (Å²) in [6.07, 6.45) is 0. The Hall–Kier alpha value is -1.57. The van der Waals surface area contributed by atoms with E-state index in [4.69, 9.17) is 9.84 Å². The molecule has 0 aromatic heterocycles. The van der Waals surface area contributed by atoms with Crippen LogP contribution < -0.4 is 9.46 Å². The first-order valence-corrected chi connectivity index (χ1v) is 8.29. The molecule has 0 aliphatic rings. The molecule has 0 saturated carbocycles. The van der Waals surface area contributed by atoms with Crippen molar-refractivity contribution in [1.82, 2.24) is 0 Å². The van der Waals surface area contributed by atoms with Gasteiger partial charge in [-0.25, -0.2) is 8.42 Å². The van der Waals surface area contributed by atoms with Crippen LogP contribution in [0.5, 0.6) is 5.75 Å². The second-order valence-electron chi connectivity index (χ2n) is 4.29. The van der Waals surface area contributed by atoms with Crippen LogP contribution in [0.15, 0.2) is 51.8 Å². The minimum Gasteiger partial charge on any atom is -0.497 e. The van der Waals surface area contributed by atoms with E-state index in [1.54, 1.807) is 30.3 Å². The number of sulfonamides is 1. The summed E-state index contributed by atoms with van der Waals surface area (Å²) in [7, 11) is -2.22. The second-order valence-corrected chi connectivity index (χ2v) is 6.89. The lowest BCUT2D eigenvalue weighted by Gasteiger charge is -2.10. The van der Waals surface area contributed by atoms with Crippen molar-refractivity contribution in [2.24, 2.45) is 0 Å². The van der Waals surface area contributed by atoms with Gasteiger partial charge in [-0.05, 0) is 29.8 Å². The average Bonchev–Trinajstić information content (AvgIpc) is 2.46. The number of nitrogens with one attached hydrogen (secondary N) is 1. The van der Waals surface area contributed by atoms with Crippen molar-refractivity contribution in [2.75, 3.05) is 11.8 Å². The van der Waals surface area contributed by atoms with Crippen LogP contribution in [0.1, 0.15) is 5.56 Å². The molecule has 7 heteroatoms. The Balaban J connectivity index is 2.34. The van der Waals surface area contributed by atoms with Crippen molar-refractivity contribution in [3.05, 3.63) is 52.5 Å². The first-order chi connectivity index (χ1) is 9.94. The molecule has 0 spiro atoms. The lowest BCUT2D eigenvalue weighted by Crippen LogP contribution is -2.13. The third kappa shape index (κ3) is 3.96. The van der Waals surface area contributed by atoms with Crippen LogP contribution in [-0.4, -0.2) is 20.6 Å². The van der Waals surface area contributed by atoms with Crippen molar-refractivity contribution in [1.29, 1.82) is 0 Å². The van der Waals surface area contributed by atoms with Gasteiger partial charge in [-0.3, -0.25) is 4.72 Å². The molecule has 0 heterocycles. The van der Waals surface area contributed by atoms with E-state index >= 15 is 0 Å². The van der Waals surface area contributed by atoms with Gasteiger partial charge in [-0.2, -0.15) is 0 Å². The number of aliphatic hydroxyl groups excluding tert-OH is 1. The predicted octanol–water partition coefficient (Wildman–Crippen LogP) is 2.75. The number of ether oxygens (including phenoxy) is 1. The highest BCUT2D eigenvalue weighted by Gasteiger charge is 2.15. The number of hydrogen-bond donors (Lipinski definition) is 2. The summed E-state index contributed by atoms with van der Waals surface area (Å²) in [5, 5.41) is 9.08. The highest BCUT2D eigenvalue weighted by atomic mass is 79.9. The molecule has 2 N–H and O–H groups in total. The van der Waals surface area contributed by atoms with Crippen molar-refractivity contribution in [3.8, 4) is 5.75 Å². The van der Waals surface area contributed by atoms with Gasteiger partial charge < -0.3 is 9.84 Å². The number of hydrogen-bond acceptors (Lipinski definition) is 4. The standard InChI is InChI=1S/C14H14BrNO4S/c1-20-13-7-11(15)6-12(8-13)16-21(18,19)14-4-2-3-10(5-14)9-17/h2-8,16-17H,9H2,1H3. The Kier molecular flexibility index (Phi) is 4.87. The molecule has 0 unspecified atom stereocenters. The van der Waals surface area contributed by atoms with Crippen LogP contribution in [0.25, 0.3) is 0 Å². The lowest BCUT2D eigenvalue weighted by atomic mass is 10.2.